The Morgan fingerprint density at radius 2 is 1.71 bits per heavy atom. The third-order valence-corrected chi connectivity index (χ3v) is 6.89. The number of nitrogens with two attached hydrogens (primary N) is 2. The molecule has 0 bridgehead atoms. The number of nitrogen functional groups attached to an aromatic ring is 1. The van der Waals surface area contributed by atoms with E-state index >= 15 is 0 Å². The number of carbonyl (C=O) groups excluding carboxylic acids is 1. The highest BCUT2D eigenvalue weighted by Gasteiger charge is 2.24. The van der Waals surface area contributed by atoms with Crippen LogP contribution < -0.4 is 10.9 Å². The van der Waals surface area contributed by atoms with Crippen LogP contribution in [-0.2, 0) is 22.9 Å². The fourth-order valence-corrected chi connectivity index (χ4v) is 4.74. The largest absolute Gasteiger partial charge is 0.383 e. The highest BCUT2D eigenvalue weighted by molar-refractivity contribution is 7.89. The maximum atomic E-state index is 13.5. The summed E-state index contributed by atoms with van der Waals surface area (Å²) < 4.78 is 24.5. The van der Waals surface area contributed by atoms with Crippen LogP contribution in [0.1, 0.15) is 32.6 Å². The lowest BCUT2D eigenvalue weighted by atomic mass is 10.0. The van der Waals surface area contributed by atoms with Crippen LogP contribution in [0.2, 0.25) is 0 Å². The zero-order valence-corrected chi connectivity index (χ0v) is 19.0. The Labute approximate surface area is 197 Å². The molecule has 170 valence electrons. The molecular formula is C26H22N4O3S. The van der Waals surface area contributed by atoms with Crippen molar-refractivity contribution in [3.05, 3.63) is 107 Å². The van der Waals surface area contributed by atoms with Gasteiger partial charge in [0.25, 0.3) is 5.91 Å². The summed E-state index contributed by atoms with van der Waals surface area (Å²) in [5.41, 5.74) is 12.0. The molecular weight excluding hydrogens is 448 g/mol. The molecule has 8 heteroatoms. The molecule has 0 radical (unpaired) electrons. The monoisotopic (exact) mass is 470 g/mol. The number of aromatic nitrogens is 2. The van der Waals surface area contributed by atoms with Crippen LogP contribution in [-0.4, -0.2) is 24.1 Å². The van der Waals surface area contributed by atoms with E-state index < -0.39 is 10.0 Å². The standard InChI is InChI=1S/C26H22N4O3S/c27-25-23(16-17-12-14-20(15-13-17)34(28,32)33)24(19-6-2-1-3-7-19)29-30(25)26(31)22-11-5-9-18-8-4-10-21(18)22/h1-9,11-15H,10,16,27H2,(H2,28,32,33). The van der Waals surface area contributed by atoms with Crippen molar-refractivity contribution in [3.63, 3.8) is 0 Å². The van der Waals surface area contributed by atoms with E-state index in [1.165, 1.54) is 16.8 Å². The number of benzene rings is 3. The molecule has 4 N–H and O–H groups in total. The van der Waals surface area contributed by atoms with Crippen molar-refractivity contribution < 1.29 is 13.2 Å². The molecule has 3 aromatic carbocycles. The third-order valence-electron chi connectivity index (χ3n) is 5.96. The fraction of sp³-hybridized carbons (Fsp3) is 0.0769. The van der Waals surface area contributed by atoms with Gasteiger partial charge >= 0.3 is 0 Å². The number of rotatable bonds is 5. The summed E-state index contributed by atoms with van der Waals surface area (Å²) >= 11 is 0. The number of fused-ring (bicyclic) bond motifs is 1. The van der Waals surface area contributed by atoms with Gasteiger partial charge in [-0.05, 0) is 41.3 Å². The smallest absolute Gasteiger partial charge is 0.280 e. The van der Waals surface area contributed by atoms with Gasteiger partial charge in [-0.15, -0.1) is 0 Å². The first kappa shape index (κ1) is 21.8. The topological polar surface area (TPSA) is 121 Å². The number of hydrogen-bond donors (Lipinski definition) is 2. The summed E-state index contributed by atoms with van der Waals surface area (Å²) in [5.74, 6) is -0.0333. The van der Waals surface area contributed by atoms with Gasteiger partial charge in [0.05, 0.1) is 10.6 Å². The maximum Gasteiger partial charge on any atom is 0.280 e. The van der Waals surface area contributed by atoms with Gasteiger partial charge < -0.3 is 5.73 Å². The zero-order chi connectivity index (χ0) is 23.9. The van der Waals surface area contributed by atoms with E-state index in [2.05, 4.69) is 5.10 Å². The minimum Gasteiger partial charge on any atom is -0.383 e. The van der Waals surface area contributed by atoms with E-state index in [9.17, 15) is 13.2 Å². The Hall–Kier alpha value is -4.01. The Kier molecular flexibility index (Phi) is 5.39. The second kappa shape index (κ2) is 8.40. The summed E-state index contributed by atoms with van der Waals surface area (Å²) in [7, 11) is -3.79. The first-order valence-corrected chi connectivity index (χ1v) is 12.3. The number of carbonyl (C=O) groups is 1. The summed E-state index contributed by atoms with van der Waals surface area (Å²) in [4.78, 5) is 13.6. The predicted molar refractivity (Wildman–Crippen MR) is 132 cm³/mol. The lowest BCUT2D eigenvalue weighted by Gasteiger charge is -2.09. The molecule has 0 spiro atoms. The predicted octanol–water partition coefficient (Wildman–Crippen LogP) is 3.63. The summed E-state index contributed by atoms with van der Waals surface area (Å²) in [6.07, 6.45) is 5.08. The normalized spacial score (nSPS) is 12.6. The molecule has 0 amide bonds. The Balaban J connectivity index is 1.59. The first-order valence-electron chi connectivity index (χ1n) is 10.7. The minimum atomic E-state index is -3.79. The van der Waals surface area contributed by atoms with Gasteiger partial charge in [0.1, 0.15) is 5.82 Å². The summed E-state index contributed by atoms with van der Waals surface area (Å²) in [6, 6.07) is 21.4. The molecule has 0 atom stereocenters. The zero-order valence-electron chi connectivity index (χ0n) is 18.2. The molecule has 1 aliphatic rings. The molecule has 0 fully saturated rings. The van der Waals surface area contributed by atoms with Crippen LogP contribution in [0, 0.1) is 0 Å². The van der Waals surface area contributed by atoms with E-state index in [0.29, 0.717) is 29.7 Å². The van der Waals surface area contributed by atoms with Crippen molar-refractivity contribution in [2.24, 2.45) is 5.14 Å². The summed E-state index contributed by atoms with van der Waals surface area (Å²) in [5, 5.41) is 9.85. The van der Waals surface area contributed by atoms with E-state index in [4.69, 9.17) is 10.9 Å². The Morgan fingerprint density at radius 3 is 2.41 bits per heavy atom. The van der Waals surface area contributed by atoms with E-state index in [-0.39, 0.29) is 16.6 Å². The molecule has 7 nitrogen and oxygen atoms in total. The SMILES string of the molecule is Nc1c(Cc2ccc(S(N)(=O)=O)cc2)c(-c2ccccc2)nn1C(=O)c1cccc2c1CC=C2. The second-order valence-electron chi connectivity index (χ2n) is 8.14. The van der Waals surface area contributed by atoms with Crippen LogP contribution in [0.3, 0.4) is 0 Å². The fourth-order valence-electron chi connectivity index (χ4n) is 4.23. The van der Waals surface area contributed by atoms with Gasteiger partial charge in [0, 0.05) is 23.1 Å². The third kappa shape index (κ3) is 3.93. The van der Waals surface area contributed by atoms with Crippen molar-refractivity contribution in [1.29, 1.82) is 0 Å². The van der Waals surface area contributed by atoms with Gasteiger partial charge in [0.15, 0.2) is 0 Å². The van der Waals surface area contributed by atoms with E-state index in [1.54, 1.807) is 18.2 Å². The van der Waals surface area contributed by atoms with Crippen LogP contribution in [0.4, 0.5) is 5.82 Å². The van der Waals surface area contributed by atoms with Gasteiger partial charge in [-0.2, -0.15) is 9.78 Å². The molecule has 34 heavy (non-hydrogen) atoms. The first-order chi connectivity index (χ1) is 16.3. The second-order valence-corrected chi connectivity index (χ2v) is 9.70. The van der Waals surface area contributed by atoms with Gasteiger partial charge in [-0.1, -0.05) is 66.7 Å². The van der Waals surface area contributed by atoms with Crippen molar-refractivity contribution in [3.8, 4) is 11.3 Å². The van der Waals surface area contributed by atoms with E-state index in [1.807, 2.05) is 54.6 Å². The lowest BCUT2D eigenvalue weighted by molar-refractivity contribution is 0.0947. The molecule has 0 saturated carbocycles. The van der Waals surface area contributed by atoms with Crippen LogP contribution in [0.5, 0.6) is 0 Å². The minimum absolute atomic E-state index is 0.0323. The average molecular weight is 471 g/mol. The lowest BCUT2D eigenvalue weighted by Crippen LogP contribution is -2.18. The van der Waals surface area contributed by atoms with Crippen LogP contribution in [0.15, 0.2) is 83.8 Å². The molecule has 1 aromatic heterocycles. The number of primary sulfonamides is 1. The number of anilines is 1. The highest BCUT2D eigenvalue weighted by atomic mass is 32.2. The van der Waals surface area contributed by atoms with Crippen LogP contribution in [0.25, 0.3) is 17.3 Å². The van der Waals surface area contributed by atoms with Gasteiger partial charge in [-0.25, -0.2) is 13.6 Å². The number of sulfonamides is 1. The number of allylic oxidation sites excluding steroid dienone is 1. The van der Waals surface area contributed by atoms with Crippen molar-refractivity contribution in [2.45, 2.75) is 17.7 Å². The van der Waals surface area contributed by atoms with E-state index in [0.717, 1.165) is 22.3 Å². The Bertz CT molecular complexity index is 1540. The molecule has 1 heterocycles. The number of nitrogens with zero attached hydrogens (tertiary/aromatic N) is 2. The van der Waals surface area contributed by atoms with Crippen LogP contribution >= 0.6 is 0 Å². The average Bonchev–Trinajstić information content (AvgIpc) is 3.44. The van der Waals surface area contributed by atoms with Crippen molar-refractivity contribution >= 4 is 27.8 Å². The maximum absolute atomic E-state index is 13.5. The Morgan fingerprint density at radius 1 is 0.971 bits per heavy atom. The summed E-state index contributed by atoms with van der Waals surface area (Å²) in [6.45, 7) is 0. The van der Waals surface area contributed by atoms with Crippen molar-refractivity contribution in [2.75, 3.05) is 5.73 Å². The quantitative estimate of drug-likeness (QED) is 0.461. The van der Waals surface area contributed by atoms with Gasteiger partial charge in [-0.3, -0.25) is 4.79 Å². The highest BCUT2D eigenvalue weighted by Crippen LogP contribution is 2.31. The molecule has 4 aromatic rings. The molecule has 5 rings (SSSR count). The molecule has 1 aliphatic carbocycles. The van der Waals surface area contributed by atoms with Gasteiger partial charge in [0.2, 0.25) is 10.0 Å². The molecule has 0 aliphatic heterocycles. The van der Waals surface area contributed by atoms with Crippen molar-refractivity contribution in [1.82, 2.24) is 9.78 Å². The number of hydrogen-bond acceptors (Lipinski definition) is 5. The molecule has 0 unspecified atom stereocenters. The molecule has 0 saturated heterocycles.